The lowest BCUT2D eigenvalue weighted by Crippen LogP contribution is -2.05. The van der Waals surface area contributed by atoms with Crippen LogP contribution in [0.2, 0.25) is 0 Å². The fraction of sp³-hybridized carbons (Fsp3) is 0.438. The van der Waals surface area contributed by atoms with Gasteiger partial charge in [0.15, 0.2) is 0 Å². The minimum Gasteiger partial charge on any atom is -0.491 e. The van der Waals surface area contributed by atoms with Crippen LogP contribution in [-0.2, 0) is 13.0 Å². The van der Waals surface area contributed by atoms with Crippen molar-refractivity contribution in [3.05, 3.63) is 30.1 Å². The third kappa shape index (κ3) is 2.79. The lowest BCUT2D eigenvalue weighted by molar-refractivity contribution is 0.242. The molecule has 0 saturated heterocycles. The largest absolute Gasteiger partial charge is 0.491 e. The minimum atomic E-state index is 0.178. The summed E-state index contributed by atoms with van der Waals surface area (Å²) < 4.78 is 7.71. The molecule has 108 valence electrons. The Morgan fingerprint density at radius 1 is 1.20 bits per heavy atom. The highest BCUT2D eigenvalue weighted by atomic mass is 16.5. The lowest BCUT2D eigenvalue weighted by atomic mass is 10.1. The molecule has 0 atom stereocenters. The van der Waals surface area contributed by atoms with Crippen molar-refractivity contribution in [2.75, 3.05) is 5.73 Å². The Hall–Kier alpha value is -1.97. The van der Waals surface area contributed by atoms with Gasteiger partial charge in [0.25, 0.3) is 0 Å². The van der Waals surface area contributed by atoms with Crippen LogP contribution >= 0.6 is 0 Å². The van der Waals surface area contributed by atoms with Crippen molar-refractivity contribution in [2.24, 2.45) is 0 Å². The van der Waals surface area contributed by atoms with Crippen LogP contribution in [0, 0.1) is 0 Å². The molecule has 0 spiro atoms. The number of rotatable bonds is 5. The number of aromatic nitrogens is 2. The van der Waals surface area contributed by atoms with Crippen molar-refractivity contribution >= 4 is 5.82 Å². The molecule has 0 aliphatic carbocycles. The van der Waals surface area contributed by atoms with Crippen LogP contribution < -0.4 is 10.5 Å². The average Bonchev–Trinajstić information content (AvgIpc) is 2.75. The predicted octanol–water partition coefficient (Wildman–Crippen LogP) is 3.50. The molecule has 20 heavy (non-hydrogen) atoms. The molecule has 0 bridgehead atoms. The highest BCUT2D eigenvalue weighted by molar-refractivity contribution is 5.71. The zero-order valence-corrected chi connectivity index (χ0v) is 12.7. The van der Waals surface area contributed by atoms with Crippen molar-refractivity contribution < 1.29 is 4.74 Å². The fourth-order valence-corrected chi connectivity index (χ4v) is 2.31. The first-order valence-electron chi connectivity index (χ1n) is 7.18. The summed E-state index contributed by atoms with van der Waals surface area (Å²) in [7, 11) is 0. The maximum absolute atomic E-state index is 6.21. The normalized spacial score (nSPS) is 11.1. The monoisotopic (exact) mass is 273 g/mol. The molecule has 0 aliphatic rings. The van der Waals surface area contributed by atoms with E-state index in [1.165, 1.54) is 0 Å². The SMILES string of the molecule is CCc1nc(-c2ccc(OC(C)C)cc2)c(N)n1CC. The first kappa shape index (κ1) is 14.4. The Balaban J connectivity index is 2.34. The molecule has 0 amide bonds. The van der Waals surface area contributed by atoms with Gasteiger partial charge in [0.1, 0.15) is 23.1 Å². The van der Waals surface area contributed by atoms with E-state index in [2.05, 4.69) is 23.4 Å². The molecule has 4 nitrogen and oxygen atoms in total. The Labute approximate surface area is 120 Å². The number of benzene rings is 1. The summed E-state index contributed by atoms with van der Waals surface area (Å²) in [6, 6.07) is 7.95. The number of hydrogen-bond donors (Lipinski definition) is 1. The summed E-state index contributed by atoms with van der Waals surface area (Å²) in [5.41, 5.74) is 8.10. The molecule has 0 unspecified atom stereocenters. The highest BCUT2D eigenvalue weighted by Crippen LogP contribution is 2.28. The molecule has 1 aromatic heterocycles. The molecular weight excluding hydrogens is 250 g/mol. The van der Waals surface area contributed by atoms with E-state index in [-0.39, 0.29) is 6.10 Å². The number of anilines is 1. The molecule has 2 rings (SSSR count). The van der Waals surface area contributed by atoms with E-state index in [0.717, 1.165) is 41.6 Å². The summed E-state index contributed by atoms with van der Waals surface area (Å²) in [6.07, 6.45) is 1.06. The van der Waals surface area contributed by atoms with Gasteiger partial charge in [-0.05, 0) is 45.0 Å². The first-order chi connectivity index (χ1) is 9.56. The Morgan fingerprint density at radius 3 is 2.30 bits per heavy atom. The predicted molar refractivity (Wildman–Crippen MR) is 82.9 cm³/mol. The van der Waals surface area contributed by atoms with E-state index < -0.39 is 0 Å². The third-order valence-electron chi connectivity index (χ3n) is 3.22. The van der Waals surface area contributed by atoms with Crippen molar-refractivity contribution in [2.45, 2.75) is 46.8 Å². The molecule has 1 heterocycles. The van der Waals surface area contributed by atoms with E-state index in [9.17, 15) is 0 Å². The van der Waals surface area contributed by atoms with Crippen molar-refractivity contribution in [1.82, 2.24) is 9.55 Å². The van der Waals surface area contributed by atoms with Gasteiger partial charge < -0.3 is 15.0 Å². The van der Waals surface area contributed by atoms with Gasteiger partial charge in [-0.25, -0.2) is 4.98 Å². The molecule has 4 heteroatoms. The number of ether oxygens (including phenoxy) is 1. The molecule has 0 aliphatic heterocycles. The van der Waals surface area contributed by atoms with Crippen LogP contribution in [-0.4, -0.2) is 15.7 Å². The summed E-state index contributed by atoms with van der Waals surface area (Å²) in [5, 5.41) is 0. The molecule has 0 saturated carbocycles. The lowest BCUT2D eigenvalue weighted by Gasteiger charge is -2.09. The molecule has 0 radical (unpaired) electrons. The topological polar surface area (TPSA) is 53.1 Å². The minimum absolute atomic E-state index is 0.178. The number of aryl methyl sites for hydroxylation is 1. The standard InChI is InChI=1S/C16H23N3O/c1-5-14-18-15(16(17)19(14)6-2)12-7-9-13(10-8-12)20-11(3)4/h7-11H,5-6,17H2,1-4H3. The van der Waals surface area contributed by atoms with Gasteiger partial charge in [-0.15, -0.1) is 0 Å². The van der Waals surface area contributed by atoms with Gasteiger partial charge in [-0.2, -0.15) is 0 Å². The van der Waals surface area contributed by atoms with E-state index >= 15 is 0 Å². The summed E-state index contributed by atoms with van der Waals surface area (Å²) >= 11 is 0. The number of nitrogens with two attached hydrogens (primary N) is 1. The number of imidazole rings is 1. The first-order valence-corrected chi connectivity index (χ1v) is 7.18. The number of nitrogen functional groups attached to an aromatic ring is 1. The van der Waals surface area contributed by atoms with E-state index in [4.69, 9.17) is 10.5 Å². The van der Waals surface area contributed by atoms with E-state index in [1.807, 2.05) is 38.1 Å². The zero-order chi connectivity index (χ0) is 14.7. The van der Waals surface area contributed by atoms with Crippen molar-refractivity contribution in [3.63, 3.8) is 0 Å². The average molecular weight is 273 g/mol. The molecule has 1 aromatic carbocycles. The van der Waals surface area contributed by atoms with Crippen LogP contribution in [0.25, 0.3) is 11.3 Å². The van der Waals surface area contributed by atoms with Gasteiger partial charge in [0, 0.05) is 18.5 Å². The quantitative estimate of drug-likeness (QED) is 0.907. The second-order valence-corrected chi connectivity index (χ2v) is 5.05. The maximum atomic E-state index is 6.21. The van der Waals surface area contributed by atoms with Gasteiger partial charge in [-0.3, -0.25) is 0 Å². The van der Waals surface area contributed by atoms with Crippen LogP contribution in [0.5, 0.6) is 5.75 Å². The van der Waals surface area contributed by atoms with Gasteiger partial charge in [0.2, 0.25) is 0 Å². The van der Waals surface area contributed by atoms with Gasteiger partial charge in [0.05, 0.1) is 6.10 Å². The van der Waals surface area contributed by atoms with Gasteiger partial charge in [-0.1, -0.05) is 6.92 Å². The van der Waals surface area contributed by atoms with Crippen molar-refractivity contribution in [3.8, 4) is 17.0 Å². The van der Waals surface area contributed by atoms with Crippen LogP contribution in [0.15, 0.2) is 24.3 Å². The zero-order valence-electron chi connectivity index (χ0n) is 12.7. The third-order valence-corrected chi connectivity index (χ3v) is 3.22. The Morgan fingerprint density at radius 2 is 1.85 bits per heavy atom. The second kappa shape index (κ2) is 5.99. The summed E-state index contributed by atoms with van der Waals surface area (Å²) in [4.78, 5) is 4.66. The number of nitrogens with zero attached hydrogens (tertiary/aromatic N) is 2. The molecule has 2 aromatic rings. The highest BCUT2D eigenvalue weighted by Gasteiger charge is 2.14. The van der Waals surface area contributed by atoms with E-state index in [1.54, 1.807) is 0 Å². The number of hydrogen-bond acceptors (Lipinski definition) is 3. The van der Waals surface area contributed by atoms with Crippen LogP contribution in [0.3, 0.4) is 0 Å². The molecular formula is C16H23N3O. The summed E-state index contributed by atoms with van der Waals surface area (Å²) in [6.45, 7) is 9.05. The fourth-order valence-electron chi connectivity index (χ4n) is 2.31. The summed E-state index contributed by atoms with van der Waals surface area (Å²) in [5.74, 6) is 2.64. The van der Waals surface area contributed by atoms with Gasteiger partial charge >= 0.3 is 0 Å². The second-order valence-electron chi connectivity index (χ2n) is 5.05. The smallest absolute Gasteiger partial charge is 0.131 e. The Kier molecular flexibility index (Phi) is 4.32. The van der Waals surface area contributed by atoms with Crippen LogP contribution in [0.1, 0.15) is 33.5 Å². The maximum Gasteiger partial charge on any atom is 0.131 e. The molecule has 0 fully saturated rings. The molecule has 2 N–H and O–H groups in total. The van der Waals surface area contributed by atoms with Crippen LogP contribution in [0.4, 0.5) is 5.82 Å². The van der Waals surface area contributed by atoms with E-state index in [0.29, 0.717) is 0 Å². The Bertz CT molecular complexity index is 570. The van der Waals surface area contributed by atoms with Crippen molar-refractivity contribution in [1.29, 1.82) is 0 Å².